The summed E-state index contributed by atoms with van der Waals surface area (Å²) in [6, 6.07) is 11.9. The van der Waals surface area contributed by atoms with E-state index in [1.165, 1.54) is 48.8 Å². The molecule has 0 radical (unpaired) electrons. The summed E-state index contributed by atoms with van der Waals surface area (Å²) in [6.45, 7) is 3.07. The third kappa shape index (κ3) is 7.44. The van der Waals surface area contributed by atoms with Crippen molar-refractivity contribution in [1.29, 1.82) is 0 Å². The molecule has 4 aromatic rings. The first-order chi connectivity index (χ1) is 27.4. The van der Waals surface area contributed by atoms with E-state index >= 15 is 0 Å². The smallest absolute Gasteiger partial charge is 0.416 e. The number of likely N-dealkylation sites (tertiary alicyclic amines) is 1. The molecule has 58 heavy (non-hydrogen) atoms. The number of fused-ring (bicyclic) bond motifs is 2. The van der Waals surface area contributed by atoms with Crippen LogP contribution < -0.4 is 10.2 Å². The topological polar surface area (TPSA) is 136 Å². The maximum atomic E-state index is 14.7. The van der Waals surface area contributed by atoms with E-state index in [9.17, 15) is 50.9 Å². The van der Waals surface area contributed by atoms with E-state index < -0.39 is 47.4 Å². The van der Waals surface area contributed by atoms with Crippen LogP contribution in [0.3, 0.4) is 0 Å². The minimum atomic E-state index is -4.71. The number of hydrogen-bond donors (Lipinski definition) is 3. The van der Waals surface area contributed by atoms with Gasteiger partial charge in [-0.15, -0.1) is 0 Å². The molecule has 2 amide bonds. The summed E-state index contributed by atoms with van der Waals surface area (Å²) in [7, 11) is 0. The highest BCUT2D eigenvalue weighted by molar-refractivity contribution is 6.00. The minimum absolute atomic E-state index is 0.0232. The van der Waals surface area contributed by atoms with Gasteiger partial charge in [0.1, 0.15) is 16.9 Å². The monoisotopic (exact) mass is 807 g/mol. The second-order valence-electron chi connectivity index (χ2n) is 16.1. The van der Waals surface area contributed by atoms with Crippen LogP contribution >= 0.6 is 0 Å². The molecular weight excluding hydrogens is 768 g/mol. The van der Waals surface area contributed by atoms with Crippen molar-refractivity contribution >= 4 is 29.5 Å². The standard InChI is InChI=1S/C42H39F6N5O5/c1-21-8-36(33(16-49-21)39(56)57)51-40(58)53-19-28-11-24(12-29(28)20-53)31-7-6-22(14-35(31)42(46,47)48)25-13-32(38(54)55)37(50-15-25)52-17-26-9-23(10-27(26)18-52)30-4-2-3-5-34(30)41(43,44)45/h2-8,13-16,23-24,26-29H,9-12,17-20H2,1H3,(H,54,55)(H,56,57)(H,49,51,58)/t23?,24?,26-,27+,28-,29+. The molecular formula is C42H39F6N5O5. The number of nitrogens with zero attached hydrogens (tertiary/aromatic N) is 4. The Labute approximate surface area is 328 Å². The second-order valence-corrected chi connectivity index (χ2v) is 16.1. The van der Waals surface area contributed by atoms with Crippen LogP contribution in [-0.4, -0.2) is 69.2 Å². The zero-order chi connectivity index (χ0) is 41.3. The number of anilines is 2. The Kier molecular flexibility index (Phi) is 9.87. The van der Waals surface area contributed by atoms with E-state index in [2.05, 4.69) is 15.3 Å². The fourth-order valence-corrected chi connectivity index (χ4v) is 9.95. The van der Waals surface area contributed by atoms with Crippen molar-refractivity contribution < 1.29 is 50.9 Å². The fourth-order valence-electron chi connectivity index (χ4n) is 9.95. The highest BCUT2D eigenvalue weighted by atomic mass is 19.4. The van der Waals surface area contributed by atoms with Crippen LogP contribution in [0.1, 0.15) is 86.2 Å². The van der Waals surface area contributed by atoms with Crippen molar-refractivity contribution in [3.8, 4) is 11.1 Å². The van der Waals surface area contributed by atoms with Crippen molar-refractivity contribution in [2.45, 2.75) is 56.8 Å². The van der Waals surface area contributed by atoms with Gasteiger partial charge in [-0.05, 0) is 109 Å². The van der Waals surface area contributed by atoms with Gasteiger partial charge in [0.25, 0.3) is 0 Å². The molecule has 10 nitrogen and oxygen atoms in total. The molecule has 2 saturated heterocycles. The van der Waals surface area contributed by atoms with E-state index in [4.69, 9.17) is 0 Å². The fraction of sp³-hybridized carbons (Fsp3) is 0.405. The van der Waals surface area contributed by atoms with Crippen LogP contribution in [-0.2, 0) is 12.4 Å². The number of nitrogens with one attached hydrogen (secondary N) is 1. The lowest BCUT2D eigenvalue weighted by Crippen LogP contribution is -2.34. The summed E-state index contributed by atoms with van der Waals surface area (Å²) in [6.07, 6.45) is -4.80. The lowest BCUT2D eigenvalue weighted by molar-refractivity contribution is -0.139. The van der Waals surface area contributed by atoms with Gasteiger partial charge in [-0.3, -0.25) is 4.98 Å². The maximum Gasteiger partial charge on any atom is 0.416 e. The van der Waals surface area contributed by atoms with Crippen LogP contribution in [0.2, 0.25) is 0 Å². The quantitative estimate of drug-likeness (QED) is 0.157. The molecule has 2 aromatic heterocycles. The number of carboxylic acids is 2. The number of alkyl halides is 6. The second kappa shape index (κ2) is 14.6. The van der Waals surface area contributed by atoms with Gasteiger partial charge < -0.3 is 25.3 Å². The first-order valence-corrected chi connectivity index (χ1v) is 19.1. The number of halogens is 6. The number of aromatic nitrogens is 2. The number of aryl methyl sites for hydroxylation is 1. The van der Waals surface area contributed by atoms with Gasteiger partial charge in [0, 0.05) is 49.8 Å². The normalized spacial score (nSPS) is 24.2. The number of urea groups is 1. The third-order valence-electron chi connectivity index (χ3n) is 12.5. The molecule has 4 fully saturated rings. The number of aromatic carboxylic acids is 2. The van der Waals surface area contributed by atoms with Gasteiger partial charge in [-0.25, -0.2) is 19.4 Å². The van der Waals surface area contributed by atoms with Crippen molar-refractivity contribution in [3.05, 3.63) is 106 Å². The summed E-state index contributed by atoms with van der Waals surface area (Å²) in [5, 5.41) is 22.4. The Morgan fingerprint density at radius 1 is 0.672 bits per heavy atom. The Bertz CT molecular complexity index is 2270. The summed E-state index contributed by atoms with van der Waals surface area (Å²) >= 11 is 0. The predicted octanol–water partition coefficient (Wildman–Crippen LogP) is 9.17. The average molecular weight is 808 g/mol. The first kappa shape index (κ1) is 39.2. The van der Waals surface area contributed by atoms with Gasteiger partial charge in [-0.1, -0.05) is 30.3 Å². The van der Waals surface area contributed by atoms with E-state index in [-0.39, 0.29) is 74.5 Å². The molecule has 2 unspecified atom stereocenters. The van der Waals surface area contributed by atoms with Gasteiger partial charge in [-0.2, -0.15) is 26.3 Å². The molecule has 0 spiro atoms. The highest BCUT2D eigenvalue weighted by Gasteiger charge is 2.47. The lowest BCUT2D eigenvalue weighted by atomic mass is 9.89. The summed E-state index contributed by atoms with van der Waals surface area (Å²) in [5.41, 5.74) is -0.428. The molecule has 2 aliphatic heterocycles. The zero-order valence-corrected chi connectivity index (χ0v) is 31.1. The molecule has 2 aliphatic carbocycles. The Balaban J connectivity index is 0.960. The van der Waals surface area contributed by atoms with Crippen LogP contribution in [0, 0.1) is 30.6 Å². The average Bonchev–Trinajstić information content (AvgIpc) is 3.94. The van der Waals surface area contributed by atoms with E-state index in [1.807, 2.05) is 4.90 Å². The molecule has 0 bridgehead atoms. The lowest BCUT2D eigenvalue weighted by Gasteiger charge is -2.24. The van der Waals surface area contributed by atoms with Gasteiger partial charge in [0.05, 0.1) is 16.8 Å². The number of amides is 2. The maximum absolute atomic E-state index is 14.7. The highest BCUT2D eigenvalue weighted by Crippen LogP contribution is 2.51. The van der Waals surface area contributed by atoms with Crippen molar-refractivity contribution in [2.75, 3.05) is 36.4 Å². The molecule has 2 saturated carbocycles. The van der Waals surface area contributed by atoms with Crippen LogP contribution in [0.15, 0.2) is 67.0 Å². The minimum Gasteiger partial charge on any atom is -0.478 e. The zero-order valence-electron chi connectivity index (χ0n) is 31.1. The van der Waals surface area contributed by atoms with Crippen LogP contribution in [0.5, 0.6) is 0 Å². The van der Waals surface area contributed by atoms with Crippen molar-refractivity contribution in [1.82, 2.24) is 14.9 Å². The summed E-state index contributed by atoms with van der Waals surface area (Å²) in [4.78, 5) is 49.1. The number of carbonyl (C=O) groups is 3. The molecule has 304 valence electrons. The van der Waals surface area contributed by atoms with E-state index in [0.29, 0.717) is 57.6 Å². The predicted molar refractivity (Wildman–Crippen MR) is 200 cm³/mol. The SMILES string of the molecule is Cc1cc(NC(=O)N2C[C@H]3CC(c4ccc(-c5cnc(N6C[C@H]7CC(c8ccccc8C(F)(F)F)C[C@H]7C6)c(C(=O)O)c5)cc4C(F)(F)F)C[C@H]3C2)c(C(=O)O)cn1. The van der Waals surface area contributed by atoms with Crippen LogP contribution in [0.4, 0.5) is 42.6 Å². The molecule has 2 aromatic carbocycles. The Hall–Kier alpha value is -5.67. The van der Waals surface area contributed by atoms with Crippen molar-refractivity contribution in [2.24, 2.45) is 23.7 Å². The van der Waals surface area contributed by atoms with Gasteiger partial charge >= 0.3 is 30.3 Å². The van der Waals surface area contributed by atoms with Gasteiger partial charge in [0.15, 0.2) is 0 Å². The molecule has 16 heteroatoms. The summed E-state index contributed by atoms with van der Waals surface area (Å²) in [5.74, 6) is -3.16. The Morgan fingerprint density at radius 2 is 1.24 bits per heavy atom. The third-order valence-corrected chi connectivity index (χ3v) is 12.5. The summed E-state index contributed by atoms with van der Waals surface area (Å²) < 4.78 is 85.3. The number of hydrogen-bond acceptors (Lipinski definition) is 6. The number of pyridine rings is 2. The molecule has 3 N–H and O–H groups in total. The number of benzene rings is 2. The van der Waals surface area contributed by atoms with Crippen LogP contribution in [0.25, 0.3) is 11.1 Å². The molecule has 8 rings (SSSR count). The number of carboxylic acid groups (broad SMARTS) is 2. The molecule has 4 heterocycles. The Morgan fingerprint density at radius 3 is 1.83 bits per heavy atom. The first-order valence-electron chi connectivity index (χ1n) is 19.1. The van der Waals surface area contributed by atoms with E-state index in [1.54, 1.807) is 17.9 Å². The molecule has 4 aliphatic rings. The molecule has 6 atom stereocenters. The number of rotatable bonds is 7. The van der Waals surface area contributed by atoms with E-state index in [0.717, 1.165) is 12.1 Å². The van der Waals surface area contributed by atoms with Crippen molar-refractivity contribution in [3.63, 3.8) is 0 Å². The number of carbonyl (C=O) groups excluding carboxylic acids is 1. The largest absolute Gasteiger partial charge is 0.478 e. The van der Waals surface area contributed by atoms with Gasteiger partial charge in [0.2, 0.25) is 0 Å².